The van der Waals surface area contributed by atoms with Gasteiger partial charge in [-0.05, 0) is 18.2 Å². The first-order chi connectivity index (χ1) is 11.0. The molecule has 1 atom stereocenters. The summed E-state index contributed by atoms with van der Waals surface area (Å²) in [6.07, 6.45) is 0.00793. The number of hydrogen-bond donors (Lipinski definition) is 1. The van der Waals surface area contributed by atoms with Gasteiger partial charge in [-0.25, -0.2) is 8.78 Å². The molecule has 23 heavy (non-hydrogen) atoms. The van der Waals surface area contributed by atoms with E-state index in [4.69, 9.17) is 14.6 Å². The van der Waals surface area contributed by atoms with Crippen molar-refractivity contribution >= 4 is 5.97 Å². The van der Waals surface area contributed by atoms with Gasteiger partial charge in [0.2, 0.25) is 0 Å². The predicted octanol–water partition coefficient (Wildman–Crippen LogP) is 3.49. The maximum absolute atomic E-state index is 13.5. The van der Waals surface area contributed by atoms with Crippen molar-refractivity contribution < 1.29 is 28.2 Å². The van der Waals surface area contributed by atoms with E-state index in [2.05, 4.69) is 0 Å². The normalized spacial score (nSPS) is 15.8. The molecule has 0 radical (unpaired) electrons. The molecule has 0 spiro atoms. The van der Waals surface area contributed by atoms with E-state index >= 15 is 0 Å². The monoisotopic (exact) mass is 320 g/mol. The van der Waals surface area contributed by atoms with Gasteiger partial charge in [-0.2, -0.15) is 0 Å². The number of carboxylic acids is 1. The first kappa shape index (κ1) is 15.3. The highest BCUT2D eigenvalue weighted by atomic mass is 19.1. The van der Waals surface area contributed by atoms with Crippen LogP contribution in [0, 0.1) is 11.6 Å². The lowest BCUT2D eigenvalue weighted by Gasteiger charge is -2.09. The Morgan fingerprint density at radius 2 is 2.09 bits per heavy atom. The molecule has 0 bridgehead atoms. The number of ether oxygens (including phenoxy) is 2. The lowest BCUT2D eigenvalue weighted by atomic mass is 9.98. The second kappa shape index (κ2) is 6.24. The number of benzene rings is 2. The Kier molecular flexibility index (Phi) is 4.14. The van der Waals surface area contributed by atoms with E-state index in [1.165, 1.54) is 12.1 Å². The van der Waals surface area contributed by atoms with Gasteiger partial charge in [-0.15, -0.1) is 0 Å². The van der Waals surface area contributed by atoms with E-state index in [1.807, 2.05) is 0 Å². The van der Waals surface area contributed by atoms with Crippen molar-refractivity contribution in [3.8, 4) is 11.5 Å². The Morgan fingerprint density at radius 1 is 1.26 bits per heavy atom. The molecule has 1 N–H and O–H groups in total. The number of rotatable bonds is 5. The highest BCUT2D eigenvalue weighted by Crippen LogP contribution is 2.38. The van der Waals surface area contributed by atoms with Crippen LogP contribution in [0.15, 0.2) is 36.4 Å². The zero-order valence-electron chi connectivity index (χ0n) is 12.1. The molecule has 6 heteroatoms. The second-order valence-corrected chi connectivity index (χ2v) is 5.33. The van der Waals surface area contributed by atoms with Gasteiger partial charge in [0.15, 0.2) is 0 Å². The molecule has 2 aromatic rings. The zero-order valence-corrected chi connectivity index (χ0v) is 12.1. The van der Waals surface area contributed by atoms with E-state index < -0.39 is 17.6 Å². The quantitative estimate of drug-likeness (QED) is 0.916. The molecule has 0 saturated heterocycles. The van der Waals surface area contributed by atoms with Crippen molar-refractivity contribution in [1.82, 2.24) is 0 Å². The average Bonchev–Trinajstić information content (AvgIpc) is 2.88. The van der Waals surface area contributed by atoms with Crippen molar-refractivity contribution in [3.63, 3.8) is 0 Å². The third kappa shape index (κ3) is 3.41. The molecule has 0 aromatic heterocycles. The summed E-state index contributed by atoms with van der Waals surface area (Å²) >= 11 is 0. The molecule has 1 aliphatic heterocycles. The van der Waals surface area contributed by atoms with Crippen LogP contribution in [-0.4, -0.2) is 17.7 Å². The van der Waals surface area contributed by atoms with Crippen LogP contribution in [0.2, 0.25) is 0 Å². The average molecular weight is 320 g/mol. The standard InChI is InChI=1S/C17H14F2O4/c18-12-2-1-10(15(19)6-12)8-22-13-3-4-14-11(5-17(20)21)9-23-16(14)7-13/h1-4,6-7,11H,5,8-9H2,(H,20,21)/t11-/m1/s1. The molecule has 0 saturated carbocycles. The van der Waals surface area contributed by atoms with Crippen LogP contribution >= 0.6 is 0 Å². The van der Waals surface area contributed by atoms with E-state index in [-0.39, 0.29) is 24.5 Å². The van der Waals surface area contributed by atoms with Crippen molar-refractivity contribution in [2.75, 3.05) is 6.61 Å². The smallest absolute Gasteiger partial charge is 0.304 e. The maximum Gasteiger partial charge on any atom is 0.304 e. The van der Waals surface area contributed by atoms with Crippen LogP contribution in [0.1, 0.15) is 23.5 Å². The Bertz CT molecular complexity index is 745. The molecule has 120 valence electrons. The number of carboxylic acid groups (broad SMARTS) is 1. The van der Waals surface area contributed by atoms with Gasteiger partial charge in [0, 0.05) is 29.2 Å². The Morgan fingerprint density at radius 3 is 2.83 bits per heavy atom. The number of carbonyl (C=O) groups is 1. The summed E-state index contributed by atoms with van der Waals surface area (Å²) in [5.74, 6) is -1.30. The van der Waals surface area contributed by atoms with Gasteiger partial charge in [-0.3, -0.25) is 4.79 Å². The van der Waals surface area contributed by atoms with Gasteiger partial charge >= 0.3 is 5.97 Å². The number of halogens is 2. The molecule has 2 aromatic carbocycles. The van der Waals surface area contributed by atoms with Crippen molar-refractivity contribution in [3.05, 3.63) is 59.2 Å². The molecule has 1 aliphatic rings. The van der Waals surface area contributed by atoms with Crippen LogP contribution in [-0.2, 0) is 11.4 Å². The maximum atomic E-state index is 13.5. The van der Waals surface area contributed by atoms with E-state index in [9.17, 15) is 13.6 Å². The summed E-state index contributed by atoms with van der Waals surface area (Å²) in [4.78, 5) is 10.8. The number of fused-ring (bicyclic) bond motifs is 1. The van der Waals surface area contributed by atoms with Crippen molar-refractivity contribution in [2.24, 2.45) is 0 Å². The molecular formula is C17H14F2O4. The first-order valence-corrected chi connectivity index (χ1v) is 7.08. The molecule has 0 amide bonds. The molecule has 0 aliphatic carbocycles. The van der Waals surface area contributed by atoms with Crippen LogP contribution in [0.5, 0.6) is 11.5 Å². The Balaban J connectivity index is 1.69. The minimum atomic E-state index is -0.876. The highest BCUT2D eigenvalue weighted by Gasteiger charge is 2.26. The third-order valence-corrected chi connectivity index (χ3v) is 3.70. The summed E-state index contributed by atoms with van der Waals surface area (Å²) in [7, 11) is 0. The highest BCUT2D eigenvalue weighted by molar-refractivity contribution is 5.68. The fraction of sp³-hybridized carbons (Fsp3) is 0.235. The van der Waals surface area contributed by atoms with Gasteiger partial charge in [0.1, 0.15) is 29.7 Å². The van der Waals surface area contributed by atoms with Gasteiger partial charge in [-0.1, -0.05) is 6.07 Å². The third-order valence-electron chi connectivity index (χ3n) is 3.70. The van der Waals surface area contributed by atoms with Gasteiger partial charge in [0.05, 0.1) is 13.0 Å². The topological polar surface area (TPSA) is 55.8 Å². The van der Waals surface area contributed by atoms with Crippen LogP contribution < -0.4 is 9.47 Å². The van der Waals surface area contributed by atoms with Crippen LogP contribution in [0.3, 0.4) is 0 Å². The molecule has 4 nitrogen and oxygen atoms in total. The molecule has 0 unspecified atom stereocenters. The fourth-order valence-corrected chi connectivity index (χ4v) is 2.53. The van der Waals surface area contributed by atoms with Crippen molar-refractivity contribution in [1.29, 1.82) is 0 Å². The molecule has 0 fully saturated rings. The van der Waals surface area contributed by atoms with Crippen molar-refractivity contribution in [2.45, 2.75) is 18.9 Å². The van der Waals surface area contributed by atoms with E-state index in [0.717, 1.165) is 11.6 Å². The summed E-state index contributed by atoms with van der Waals surface area (Å²) < 4.78 is 37.4. The predicted molar refractivity (Wildman–Crippen MR) is 77.6 cm³/mol. The summed E-state index contributed by atoms with van der Waals surface area (Å²) in [6.45, 7) is 0.279. The fourth-order valence-electron chi connectivity index (χ4n) is 2.53. The summed E-state index contributed by atoms with van der Waals surface area (Å²) in [6, 6.07) is 8.40. The second-order valence-electron chi connectivity index (χ2n) is 5.33. The Labute approximate surface area is 131 Å². The first-order valence-electron chi connectivity index (χ1n) is 7.08. The van der Waals surface area contributed by atoms with Crippen LogP contribution in [0.25, 0.3) is 0 Å². The molecule has 1 heterocycles. The largest absolute Gasteiger partial charge is 0.492 e. The minimum Gasteiger partial charge on any atom is -0.492 e. The van der Waals surface area contributed by atoms with E-state index in [0.29, 0.717) is 18.1 Å². The minimum absolute atomic E-state index is 0.00793. The number of hydrogen-bond acceptors (Lipinski definition) is 3. The summed E-state index contributed by atoms with van der Waals surface area (Å²) in [5, 5.41) is 8.87. The lowest BCUT2D eigenvalue weighted by Crippen LogP contribution is -2.07. The Hall–Kier alpha value is -2.63. The van der Waals surface area contributed by atoms with E-state index in [1.54, 1.807) is 18.2 Å². The SMILES string of the molecule is O=C(O)C[C@@H]1COc2cc(OCc3ccc(F)cc3F)ccc21. The molecule has 3 rings (SSSR count). The van der Waals surface area contributed by atoms with Crippen LogP contribution in [0.4, 0.5) is 8.78 Å². The lowest BCUT2D eigenvalue weighted by molar-refractivity contribution is -0.137. The van der Waals surface area contributed by atoms with Gasteiger partial charge < -0.3 is 14.6 Å². The molecular weight excluding hydrogens is 306 g/mol. The van der Waals surface area contributed by atoms with Gasteiger partial charge in [0.25, 0.3) is 0 Å². The summed E-state index contributed by atoms with van der Waals surface area (Å²) in [5.41, 5.74) is 1.07. The zero-order chi connectivity index (χ0) is 16.4. The number of aliphatic carboxylic acids is 1.